The average Bonchev–Trinajstić information content (AvgIpc) is 2.75. The van der Waals surface area contributed by atoms with Gasteiger partial charge < -0.3 is 10.1 Å². The average molecular weight is 220 g/mol. The summed E-state index contributed by atoms with van der Waals surface area (Å²) in [5.74, 6) is -0.370. The molecule has 0 saturated carbocycles. The van der Waals surface area contributed by atoms with E-state index in [1.807, 2.05) is 0 Å². The van der Waals surface area contributed by atoms with Crippen molar-refractivity contribution in [2.45, 2.75) is 6.17 Å². The number of carbonyl (C=O) groups is 1. The van der Waals surface area contributed by atoms with Crippen LogP contribution in [0.25, 0.3) is 0 Å². The van der Waals surface area contributed by atoms with Crippen LogP contribution in [0.3, 0.4) is 0 Å². The third kappa shape index (κ3) is 1.85. The first kappa shape index (κ1) is 10.5. The fourth-order valence-electron chi connectivity index (χ4n) is 1.54. The van der Waals surface area contributed by atoms with Crippen molar-refractivity contribution < 1.29 is 14.7 Å². The third-order valence-corrected chi connectivity index (χ3v) is 2.39. The van der Waals surface area contributed by atoms with Crippen LogP contribution in [-0.2, 0) is 4.74 Å². The quantitative estimate of drug-likeness (QED) is 0.734. The largest absolute Gasteiger partial charge is 0.465 e. The molecule has 1 aromatic rings. The van der Waals surface area contributed by atoms with Gasteiger partial charge in [-0.1, -0.05) is 12.1 Å². The second-order valence-corrected chi connectivity index (χ2v) is 3.38. The molecule has 1 aliphatic rings. The number of ether oxygens (including phenoxy) is 1. The summed E-state index contributed by atoms with van der Waals surface area (Å²) in [4.78, 5) is 11.2. The normalized spacial score (nSPS) is 18.4. The molecule has 0 aromatic heterocycles. The minimum Gasteiger partial charge on any atom is -0.465 e. The molecule has 84 valence electrons. The fraction of sp³-hybridized carbons (Fsp3) is 0.182. The summed E-state index contributed by atoms with van der Waals surface area (Å²) in [6, 6.07) is 6.85. The van der Waals surface area contributed by atoms with E-state index in [9.17, 15) is 10.0 Å². The molecule has 0 amide bonds. The zero-order valence-corrected chi connectivity index (χ0v) is 8.75. The Bertz CT molecular complexity index is 414. The first-order valence-corrected chi connectivity index (χ1v) is 4.80. The minimum absolute atomic E-state index is 0.299. The van der Waals surface area contributed by atoms with Crippen LogP contribution >= 0.6 is 0 Å². The molecule has 0 aliphatic carbocycles. The molecule has 16 heavy (non-hydrogen) atoms. The summed E-state index contributed by atoms with van der Waals surface area (Å²) in [5.41, 5.74) is 1.35. The number of benzene rings is 1. The summed E-state index contributed by atoms with van der Waals surface area (Å²) in [6.45, 7) is 0. The van der Waals surface area contributed by atoms with Crippen molar-refractivity contribution in [3.8, 4) is 0 Å². The Hall–Kier alpha value is -2.01. The molecule has 0 bridgehead atoms. The third-order valence-electron chi connectivity index (χ3n) is 2.39. The fourth-order valence-corrected chi connectivity index (χ4v) is 1.54. The van der Waals surface area contributed by atoms with Crippen LogP contribution in [-0.4, -0.2) is 23.3 Å². The Labute approximate surface area is 92.9 Å². The lowest BCUT2D eigenvalue weighted by Gasteiger charge is -2.19. The van der Waals surface area contributed by atoms with Gasteiger partial charge in [0.15, 0.2) is 0 Å². The second kappa shape index (κ2) is 4.24. The summed E-state index contributed by atoms with van der Waals surface area (Å²) in [6.07, 6.45) is 2.88. The van der Waals surface area contributed by atoms with Gasteiger partial charge in [0.1, 0.15) is 6.17 Å². The lowest BCUT2D eigenvalue weighted by Crippen LogP contribution is -2.23. The molecule has 0 spiro atoms. The molecule has 2 rings (SSSR count). The van der Waals surface area contributed by atoms with E-state index < -0.39 is 0 Å². The number of hydrogen-bond acceptors (Lipinski definition) is 5. The van der Waals surface area contributed by atoms with Gasteiger partial charge >= 0.3 is 5.97 Å². The van der Waals surface area contributed by atoms with Crippen LogP contribution in [0, 0.1) is 0 Å². The van der Waals surface area contributed by atoms with Gasteiger partial charge in [0.25, 0.3) is 0 Å². The van der Waals surface area contributed by atoms with Crippen molar-refractivity contribution in [3.63, 3.8) is 0 Å². The highest BCUT2D eigenvalue weighted by Crippen LogP contribution is 2.20. The lowest BCUT2D eigenvalue weighted by molar-refractivity contribution is -0.0762. The highest BCUT2D eigenvalue weighted by atomic mass is 16.5. The van der Waals surface area contributed by atoms with Gasteiger partial charge in [-0.05, 0) is 17.7 Å². The number of rotatable bonds is 2. The van der Waals surface area contributed by atoms with E-state index in [0.717, 1.165) is 10.6 Å². The molecule has 0 radical (unpaired) electrons. The van der Waals surface area contributed by atoms with E-state index in [1.54, 1.807) is 30.5 Å². The van der Waals surface area contributed by atoms with E-state index >= 15 is 0 Å². The Balaban J connectivity index is 2.16. The van der Waals surface area contributed by atoms with Gasteiger partial charge in [0.2, 0.25) is 0 Å². The number of hydrogen-bond donors (Lipinski definition) is 2. The van der Waals surface area contributed by atoms with Gasteiger partial charge in [-0.15, -0.1) is 0 Å². The maximum absolute atomic E-state index is 11.2. The predicted octanol–water partition coefficient (Wildman–Crippen LogP) is 1.24. The molecule has 2 N–H and O–H groups in total. The zero-order valence-electron chi connectivity index (χ0n) is 8.75. The number of hydroxylamine groups is 2. The van der Waals surface area contributed by atoms with Gasteiger partial charge in [0, 0.05) is 12.4 Å². The number of nitrogens with zero attached hydrogens (tertiary/aromatic N) is 1. The molecular weight excluding hydrogens is 208 g/mol. The molecule has 1 unspecified atom stereocenters. The SMILES string of the molecule is COC(=O)c1ccc(C2NC=CN2O)cc1. The zero-order chi connectivity index (χ0) is 11.5. The summed E-state index contributed by atoms with van der Waals surface area (Å²) < 4.78 is 4.60. The van der Waals surface area contributed by atoms with E-state index in [1.165, 1.54) is 13.3 Å². The highest BCUT2D eigenvalue weighted by molar-refractivity contribution is 5.89. The van der Waals surface area contributed by atoms with Crippen LogP contribution in [0.4, 0.5) is 0 Å². The maximum Gasteiger partial charge on any atom is 0.337 e. The van der Waals surface area contributed by atoms with E-state index in [-0.39, 0.29) is 12.1 Å². The molecular formula is C11H12N2O3. The molecule has 5 nitrogen and oxygen atoms in total. The molecule has 5 heteroatoms. The smallest absolute Gasteiger partial charge is 0.337 e. The highest BCUT2D eigenvalue weighted by Gasteiger charge is 2.18. The van der Waals surface area contributed by atoms with Crippen molar-refractivity contribution >= 4 is 5.97 Å². The van der Waals surface area contributed by atoms with Gasteiger partial charge in [-0.2, -0.15) is 0 Å². The number of nitrogens with one attached hydrogen (secondary N) is 1. The van der Waals surface area contributed by atoms with Crippen LogP contribution in [0.1, 0.15) is 22.1 Å². The van der Waals surface area contributed by atoms with Crippen molar-refractivity contribution in [2.75, 3.05) is 7.11 Å². The number of methoxy groups -OCH3 is 1. The van der Waals surface area contributed by atoms with Gasteiger partial charge in [-0.25, -0.2) is 9.86 Å². The Morgan fingerprint density at radius 2 is 2.12 bits per heavy atom. The van der Waals surface area contributed by atoms with Gasteiger partial charge in [0.05, 0.1) is 12.7 Å². The van der Waals surface area contributed by atoms with E-state index in [4.69, 9.17) is 0 Å². The van der Waals surface area contributed by atoms with Crippen LogP contribution in [0.15, 0.2) is 36.7 Å². The van der Waals surface area contributed by atoms with Gasteiger partial charge in [-0.3, -0.25) is 5.21 Å². The predicted molar refractivity (Wildman–Crippen MR) is 56.4 cm³/mol. The van der Waals surface area contributed by atoms with Crippen LogP contribution in [0.5, 0.6) is 0 Å². The van der Waals surface area contributed by atoms with E-state index in [2.05, 4.69) is 10.1 Å². The van der Waals surface area contributed by atoms with Crippen molar-refractivity contribution in [3.05, 3.63) is 47.8 Å². The monoisotopic (exact) mass is 220 g/mol. The molecule has 1 aliphatic heterocycles. The minimum atomic E-state index is -0.370. The molecule has 1 aromatic carbocycles. The molecule has 0 fully saturated rings. The summed E-state index contributed by atoms with van der Waals surface area (Å²) in [5, 5.41) is 13.5. The van der Waals surface area contributed by atoms with E-state index in [0.29, 0.717) is 5.56 Å². The second-order valence-electron chi connectivity index (χ2n) is 3.38. The molecule has 1 heterocycles. The maximum atomic E-state index is 11.2. The number of carbonyl (C=O) groups excluding carboxylic acids is 1. The Kier molecular flexibility index (Phi) is 2.78. The van der Waals surface area contributed by atoms with Crippen LogP contribution in [0.2, 0.25) is 0 Å². The van der Waals surface area contributed by atoms with Crippen molar-refractivity contribution in [1.29, 1.82) is 0 Å². The topological polar surface area (TPSA) is 61.8 Å². The first-order chi connectivity index (χ1) is 7.72. The van der Waals surface area contributed by atoms with Crippen molar-refractivity contribution in [1.82, 2.24) is 10.4 Å². The summed E-state index contributed by atoms with van der Waals surface area (Å²) in [7, 11) is 1.34. The van der Waals surface area contributed by atoms with Crippen LogP contribution < -0.4 is 5.32 Å². The molecule has 0 saturated heterocycles. The molecule has 1 atom stereocenters. The first-order valence-electron chi connectivity index (χ1n) is 4.80. The lowest BCUT2D eigenvalue weighted by atomic mass is 10.1. The Morgan fingerprint density at radius 1 is 1.44 bits per heavy atom. The number of esters is 1. The van der Waals surface area contributed by atoms with Crippen molar-refractivity contribution in [2.24, 2.45) is 0 Å². The standard InChI is InChI=1S/C11H12N2O3/c1-16-11(14)9-4-2-8(3-5-9)10-12-6-7-13(10)15/h2-7,10,12,15H,1H3. The Morgan fingerprint density at radius 3 is 2.62 bits per heavy atom. The summed E-state index contributed by atoms with van der Waals surface area (Å²) >= 11 is 0.